The first-order chi connectivity index (χ1) is 13.9. The third-order valence-corrected chi connectivity index (χ3v) is 6.25. The van der Waals surface area contributed by atoms with Crippen molar-refractivity contribution in [1.29, 1.82) is 0 Å². The molecule has 3 rings (SSSR count). The zero-order valence-corrected chi connectivity index (χ0v) is 15.9. The molecule has 0 radical (unpaired) electrons. The number of piperazine rings is 1. The van der Waals surface area contributed by atoms with Gasteiger partial charge in [0.1, 0.15) is 11.6 Å². The maximum absolute atomic E-state index is 12.7. The molecular formula is C17H15F6N3O3S. The zero-order valence-electron chi connectivity index (χ0n) is 15.1. The highest BCUT2D eigenvalue weighted by Crippen LogP contribution is 2.30. The molecule has 0 bridgehead atoms. The first-order valence-corrected chi connectivity index (χ1v) is 9.94. The van der Waals surface area contributed by atoms with Crippen molar-refractivity contribution in [2.24, 2.45) is 0 Å². The van der Waals surface area contributed by atoms with E-state index in [4.69, 9.17) is 0 Å². The molecule has 13 heteroatoms. The first kappa shape index (κ1) is 22.2. The number of nitrogens with zero attached hydrogens (tertiary/aromatic N) is 3. The molecule has 6 nitrogen and oxygen atoms in total. The van der Waals surface area contributed by atoms with Crippen LogP contribution >= 0.6 is 0 Å². The number of sulfonamides is 1. The first-order valence-electron chi connectivity index (χ1n) is 8.50. The molecule has 2 heterocycles. The molecule has 1 aromatic heterocycles. The molecule has 0 saturated carbocycles. The van der Waals surface area contributed by atoms with E-state index in [0.29, 0.717) is 6.20 Å². The number of hydrogen-bond donors (Lipinski definition) is 0. The highest BCUT2D eigenvalue weighted by Gasteiger charge is 2.33. The summed E-state index contributed by atoms with van der Waals surface area (Å²) in [5.74, 6) is -0.256. The van der Waals surface area contributed by atoms with Crippen LogP contribution < -0.4 is 9.64 Å². The van der Waals surface area contributed by atoms with Gasteiger partial charge in [-0.2, -0.15) is 17.5 Å². The van der Waals surface area contributed by atoms with Crippen LogP contribution in [0.15, 0.2) is 47.5 Å². The molecule has 0 amide bonds. The predicted molar refractivity (Wildman–Crippen MR) is 93.3 cm³/mol. The van der Waals surface area contributed by atoms with Crippen LogP contribution in [-0.4, -0.2) is 50.2 Å². The summed E-state index contributed by atoms with van der Waals surface area (Å²) in [7, 11) is -3.95. The van der Waals surface area contributed by atoms with Crippen LogP contribution in [0.25, 0.3) is 0 Å². The molecule has 1 aliphatic rings. The van der Waals surface area contributed by atoms with Crippen molar-refractivity contribution < 1.29 is 39.5 Å². The second kappa shape index (κ2) is 7.95. The second-order valence-electron chi connectivity index (χ2n) is 6.31. The maximum atomic E-state index is 12.7. The van der Waals surface area contributed by atoms with Crippen molar-refractivity contribution in [3.63, 3.8) is 0 Å². The number of ether oxygens (including phenoxy) is 1. The fourth-order valence-electron chi connectivity index (χ4n) is 2.86. The monoisotopic (exact) mass is 455 g/mol. The SMILES string of the molecule is O=S(=O)(c1ccc(OC(F)(F)F)cc1)N1CCN(c2ccc(C(F)(F)F)cn2)CC1. The number of halogens is 6. The Hall–Kier alpha value is -2.54. The number of rotatable bonds is 4. The number of hydrogen-bond acceptors (Lipinski definition) is 5. The van der Waals surface area contributed by atoms with E-state index < -0.39 is 33.9 Å². The highest BCUT2D eigenvalue weighted by molar-refractivity contribution is 7.89. The van der Waals surface area contributed by atoms with Gasteiger partial charge >= 0.3 is 12.5 Å². The van der Waals surface area contributed by atoms with E-state index in [0.717, 1.165) is 34.6 Å². The molecule has 1 aliphatic heterocycles. The minimum absolute atomic E-state index is 0.0336. The van der Waals surface area contributed by atoms with Gasteiger partial charge in [0.15, 0.2) is 0 Å². The molecule has 2 aromatic rings. The van der Waals surface area contributed by atoms with Gasteiger partial charge in [-0.25, -0.2) is 13.4 Å². The summed E-state index contributed by atoms with van der Waals surface area (Å²) in [5.41, 5.74) is -0.884. The Morgan fingerprint density at radius 2 is 1.47 bits per heavy atom. The summed E-state index contributed by atoms with van der Waals surface area (Å²) in [6, 6.07) is 5.95. The van der Waals surface area contributed by atoms with Gasteiger partial charge in [0, 0.05) is 32.4 Å². The van der Waals surface area contributed by atoms with E-state index >= 15 is 0 Å². The molecule has 30 heavy (non-hydrogen) atoms. The number of pyridine rings is 1. The Bertz CT molecular complexity index is 968. The van der Waals surface area contributed by atoms with Gasteiger partial charge < -0.3 is 9.64 Å². The summed E-state index contributed by atoms with van der Waals surface area (Å²) in [6.07, 6.45) is -8.68. The zero-order chi connectivity index (χ0) is 22.2. The van der Waals surface area contributed by atoms with E-state index in [1.54, 1.807) is 4.90 Å². The number of anilines is 1. The van der Waals surface area contributed by atoms with E-state index in [9.17, 15) is 34.8 Å². The van der Waals surface area contributed by atoms with Gasteiger partial charge in [-0.3, -0.25) is 0 Å². The van der Waals surface area contributed by atoms with E-state index in [2.05, 4.69) is 9.72 Å². The van der Waals surface area contributed by atoms with Crippen molar-refractivity contribution in [2.75, 3.05) is 31.1 Å². The van der Waals surface area contributed by atoms with Crippen molar-refractivity contribution in [1.82, 2.24) is 9.29 Å². The molecule has 0 aliphatic carbocycles. The fraction of sp³-hybridized carbons (Fsp3) is 0.353. The third kappa shape index (κ3) is 5.14. The molecular weight excluding hydrogens is 440 g/mol. The average molecular weight is 455 g/mol. The van der Waals surface area contributed by atoms with E-state index in [1.165, 1.54) is 6.07 Å². The summed E-state index contributed by atoms with van der Waals surface area (Å²) in [5, 5.41) is 0. The van der Waals surface area contributed by atoms with Gasteiger partial charge in [-0.1, -0.05) is 0 Å². The largest absolute Gasteiger partial charge is 0.573 e. The van der Waals surface area contributed by atoms with Crippen molar-refractivity contribution in [3.8, 4) is 5.75 Å². The Labute approximate surface area is 167 Å². The molecule has 1 fully saturated rings. The Morgan fingerprint density at radius 3 is 1.93 bits per heavy atom. The maximum Gasteiger partial charge on any atom is 0.573 e. The topological polar surface area (TPSA) is 62.7 Å². The van der Waals surface area contributed by atoms with Crippen LogP contribution in [0.4, 0.5) is 32.2 Å². The van der Waals surface area contributed by atoms with E-state index in [-0.39, 0.29) is 36.9 Å². The summed E-state index contributed by atoms with van der Waals surface area (Å²) in [4.78, 5) is 5.23. The molecule has 164 valence electrons. The molecule has 1 aromatic carbocycles. The van der Waals surface area contributed by atoms with Crippen molar-refractivity contribution in [2.45, 2.75) is 17.4 Å². The van der Waals surface area contributed by atoms with Gasteiger partial charge in [0.2, 0.25) is 10.0 Å². The fourth-order valence-corrected chi connectivity index (χ4v) is 4.28. The standard InChI is InChI=1S/C17H15F6N3O3S/c18-16(19,20)12-1-6-15(24-11-12)25-7-9-26(10-8-25)30(27,28)14-4-2-13(3-5-14)29-17(21,22)23/h1-6,11H,7-10H2. The lowest BCUT2D eigenvalue weighted by Crippen LogP contribution is -2.48. The van der Waals surface area contributed by atoms with Gasteiger partial charge in [-0.15, -0.1) is 13.2 Å². The van der Waals surface area contributed by atoms with Gasteiger partial charge in [-0.05, 0) is 36.4 Å². The van der Waals surface area contributed by atoms with Crippen LogP contribution in [-0.2, 0) is 16.2 Å². The van der Waals surface area contributed by atoms with Gasteiger partial charge in [0.25, 0.3) is 0 Å². The van der Waals surface area contributed by atoms with Crippen LogP contribution in [0.1, 0.15) is 5.56 Å². The van der Waals surface area contributed by atoms with Crippen molar-refractivity contribution >= 4 is 15.8 Å². The Balaban J connectivity index is 1.65. The lowest BCUT2D eigenvalue weighted by Gasteiger charge is -2.34. The Morgan fingerprint density at radius 1 is 0.867 bits per heavy atom. The summed E-state index contributed by atoms with van der Waals surface area (Å²) in [6.45, 7) is 0.442. The molecule has 0 spiro atoms. The minimum Gasteiger partial charge on any atom is -0.406 e. The molecule has 0 N–H and O–H groups in total. The van der Waals surface area contributed by atoms with Crippen LogP contribution in [0, 0.1) is 0 Å². The molecule has 0 unspecified atom stereocenters. The number of alkyl halides is 6. The molecule has 1 saturated heterocycles. The smallest absolute Gasteiger partial charge is 0.406 e. The van der Waals surface area contributed by atoms with Crippen LogP contribution in [0.5, 0.6) is 5.75 Å². The lowest BCUT2D eigenvalue weighted by atomic mass is 10.2. The number of aromatic nitrogens is 1. The summed E-state index contributed by atoms with van der Waals surface area (Å²) >= 11 is 0. The predicted octanol–water partition coefficient (Wildman–Crippen LogP) is 3.51. The second-order valence-corrected chi connectivity index (χ2v) is 8.25. The minimum atomic E-state index is -4.89. The third-order valence-electron chi connectivity index (χ3n) is 4.33. The highest BCUT2D eigenvalue weighted by atomic mass is 32.2. The van der Waals surface area contributed by atoms with E-state index in [1.807, 2.05) is 0 Å². The van der Waals surface area contributed by atoms with Gasteiger partial charge in [0.05, 0.1) is 10.5 Å². The normalized spacial score (nSPS) is 16.5. The Kier molecular flexibility index (Phi) is 5.87. The van der Waals surface area contributed by atoms with Crippen LogP contribution in [0.2, 0.25) is 0 Å². The van der Waals surface area contributed by atoms with Crippen molar-refractivity contribution in [3.05, 3.63) is 48.2 Å². The quantitative estimate of drug-likeness (QED) is 0.661. The van der Waals surface area contributed by atoms with Crippen LogP contribution in [0.3, 0.4) is 0 Å². The lowest BCUT2D eigenvalue weighted by molar-refractivity contribution is -0.274. The number of benzene rings is 1. The average Bonchev–Trinajstić information content (AvgIpc) is 2.67. The molecule has 0 atom stereocenters. The summed E-state index contributed by atoms with van der Waals surface area (Å²) < 4.78 is 105.